The van der Waals surface area contributed by atoms with Crippen LogP contribution in [0.1, 0.15) is 16.7 Å². The zero-order chi connectivity index (χ0) is 28.0. The van der Waals surface area contributed by atoms with Crippen LogP contribution in [0.5, 0.6) is 11.5 Å². The molecule has 0 bridgehead atoms. The second kappa shape index (κ2) is 11.7. The summed E-state index contributed by atoms with van der Waals surface area (Å²) in [6.45, 7) is 0. The number of nitrogens with zero attached hydrogens (tertiary/aromatic N) is 1. The van der Waals surface area contributed by atoms with Gasteiger partial charge in [-0.25, -0.2) is 0 Å². The topological polar surface area (TPSA) is 43.7 Å². The van der Waals surface area contributed by atoms with Crippen LogP contribution in [0.3, 0.4) is 0 Å². The summed E-state index contributed by atoms with van der Waals surface area (Å²) in [4.78, 5) is 2.08. The molecule has 0 spiro atoms. The minimum atomic E-state index is 0.214. The van der Waals surface area contributed by atoms with Gasteiger partial charge in [0.1, 0.15) is 11.5 Å². The maximum atomic E-state index is 9.81. The lowest BCUT2D eigenvalue weighted by Crippen LogP contribution is -2.09. The van der Waals surface area contributed by atoms with Crippen molar-refractivity contribution >= 4 is 39.5 Å². The number of allylic oxidation sites excluding steroid dienone is 2. The average Bonchev–Trinajstić information content (AvgIpc) is 3.02. The summed E-state index contributed by atoms with van der Waals surface area (Å²) in [7, 11) is 0. The average molecular weight is 532 g/mol. The lowest BCUT2D eigenvalue weighted by molar-refractivity contribution is 0.475. The molecular formula is C38H29NO2. The van der Waals surface area contributed by atoms with Crippen molar-refractivity contribution in [2.75, 3.05) is 4.90 Å². The lowest BCUT2D eigenvalue weighted by Gasteiger charge is -2.25. The maximum absolute atomic E-state index is 9.81. The Kier molecular flexibility index (Phi) is 7.33. The van der Waals surface area contributed by atoms with Gasteiger partial charge in [0.05, 0.1) is 0 Å². The van der Waals surface area contributed by atoms with Gasteiger partial charge in [0.15, 0.2) is 0 Å². The first-order valence-electron chi connectivity index (χ1n) is 13.6. The normalized spacial score (nSPS) is 11.7. The number of fused-ring (bicyclic) bond motifs is 1. The van der Waals surface area contributed by atoms with Crippen molar-refractivity contribution in [2.24, 2.45) is 0 Å². The monoisotopic (exact) mass is 531 g/mol. The van der Waals surface area contributed by atoms with E-state index in [0.29, 0.717) is 0 Å². The van der Waals surface area contributed by atoms with Crippen molar-refractivity contribution in [3.8, 4) is 11.5 Å². The highest BCUT2D eigenvalue weighted by Gasteiger charge is 2.13. The number of benzene rings is 6. The van der Waals surface area contributed by atoms with Crippen LogP contribution in [0, 0.1) is 0 Å². The third-order valence-corrected chi connectivity index (χ3v) is 7.08. The molecule has 0 unspecified atom stereocenters. The molecule has 0 aliphatic rings. The molecule has 6 aromatic carbocycles. The van der Waals surface area contributed by atoms with E-state index in [0.717, 1.165) is 22.6 Å². The smallest absolute Gasteiger partial charge is 0.115 e. The Bertz CT molecular complexity index is 1770. The quantitative estimate of drug-likeness (QED) is 0.202. The van der Waals surface area contributed by atoms with Gasteiger partial charge < -0.3 is 15.1 Å². The highest BCUT2D eigenvalue weighted by molar-refractivity contribution is 5.98. The van der Waals surface area contributed by atoms with Crippen molar-refractivity contribution in [1.29, 1.82) is 0 Å². The molecule has 0 amide bonds. The molecule has 0 aliphatic heterocycles. The predicted octanol–water partition coefficient (Wildman–Crippen LogP) is 9.87. The van der Waals surface area contributed by atoms with Crippen LogP contribution in [0.4, 0.5) is 17.1 Å². The van der Waals surface area contributed by atoms with E-state index < -0.39 is 0 Å². The Hall–Kier alpha value is -5.54. The van der Waals surface area contributed by atoms with Crippen LogP contribution in [0.25, 0.3) is 22.4 Å². The van der Waals surface area contributed by atoms with E-state index in [4.69, 9.17) is 0 Å². The summed E-state index contributed by atoms with van der Waals surface area (Å²) in [5.74, 6) is 0.428. The van der Waals surface area contributed by atoms with Gasteiger partial charge in [-0.15, -0.1) is 0 Å². The molecule has 0 aromatic heterocycles. The van der Waals surface area contributed by atoms with Gasteiger partial charge in [-0.05, 0) is 93.7 Å². The van der Waals surface area contributed by atoms with Crippen LogP contribution in [0.15, 0.2) is 158 Å². The minimum absolute atomic E-state index is 0.214. The summed E-state index contributed by atoms with van der Waals surface area (Å²) < 4.78 is 0. The third-order valence-electron chi connectivity index (χ3n) is 7.08. The molecule has 0 aliphatic carbocycles. The van der Waals surface area contributed by atoms with Gasteiger partial charge in [0, 0.05) is 17.1 Å². The van der Waals surface area contributed by atoms with Crippen molar-refractivity contribution in [3.05, 3.63) is 174 Å². The van der Waals surface area contributed by atoms with Crippen molar-refractivity contribution < 1.29 is 10.2 Å². The summed E-state index contributed by atoms with van der Waals surface area (Å²) >= 11 is 0. The molecule has 0 heterocycles. The zero-order valence-corrected chi connectivity index (χ0v) is 22.4. The Balaban J connectivity index is 1.33. The van der Waals surface area contributed by atoms with Crippen molar-refractivity contribution in [2.45, 2.75) is 0 Å². The fourth-order valence-corrected chi connectivity index (χ4v) is 5.06. The third kappa shape index (κ3) is 5.75. The van der Waals surface area contributed by atoms with E-state index in [-0.39, 0.29) is 11.5 Å². The zero-order valence-electron chi connectivity index (χ0n) is 22.4. The summed E-state index contributed by atoms with van der Waals surface area (Å²) in [6, 6.07) is 48.0. The van der Waals surface area contributed by atoms with Gasteiger partial charge in [-0.1, -0.05) is 103 Å². The summed E-state index contributed by atoms with van der Waals surface area (Å²) in [5.41, 5.74) is 7.39. The Morgan fingerprint density at radius 3 is 1.68 bits per heavy atom. The molecule has 6 rings (SSSR count). The van der Waals surface area contributed by atoms with Crippen LogP contribution >= 0.6 is 0 Å². The molecule has 0 saturated heterocycles. The van der Waals surface area contributed by atoms with Crippen molar-refractivity contribution in [3.63, 3.8) is 0 Å². The van der Waals surface area contributed by atoms with Crippen molar-refractivity contribution in [1.82, 2.24) is 0 Å². The van der Waals surface area contributed by atoms with Crippen LogP contribution < -0.4 is 4.90 Å². The molecule has 41 heavy (non-hydrogen) atoms. The Morgan fingerprint density at radius 2 is 1.05 bits per heavy atom. The molecule has 0 radical (unpaired) electrons. The van der Waals surface area contributed by atoms with E-state index in [1.54, 1.807) is 24.3 Å². The predicted molar refractivity (Wildman–Crippen MR) is 171 cm³/mol. The molecule has 6 aromatic rings. The summed E-state index contributed by atoms with van der Waals surface area (Å²) in [6.07, 6.45) is 6.41. The fourth-order valence-electron chi connectivity index (χ4n) is 5.06. The fraction of sp³-hybridized carbons (Fsp3) is 0. The first-order valence-corrected chi connectivity index (χ1v) is 13.6. The van der Waals surface area contributed by atoms with Gasteiger partial charge in [0.25, 0.3) is 0 Å². The Labute approximate surface area is 240 Å². The van der Waals surface area contributed by atoms with Crippen LogP contribution in [-0.4, -0.2) is 10.2 Å². The molecule has 198 valence electrons. The molecule has 3 heteroatoms. The van der Waals surface area contributed by atoms with Gasteiger partial charge in [0.2, 0.25) is 0 Å². The lowest BCUT2D eigenvalue weighted by atomic mass is 9.93. The first kappa shape index (κ1) is 25.7. The number of aromatic hydroxyl groups is 2. The highest BCUT2D eigenvalue weighted by atomic mass is 16.3. The number of rotatable bonds is 7. The van der Waals surface area contributed by atoms with E-state index in [1.807, 2.05) is 30.3 Å². The molecular weight excluding hydrogens is 502 g/mol. The van der Waals surface area contributed by atoms with E-state index in [1.165, 1.54) is 27.5 Å². The van der Waals surface area contributed by atoms with E-state index in [9.17, 15) is 10.2 Å². The van der Waals surface area contributed by atoms with Crippen LogP contribution in [0.2, 0.25) is 0 Å². The minimum Gasteiger partial charge on any atom is -0.508 e. The largest absolute Gasteiger partial charge is 0.508 e. The molecule has 0 saturated carbocycles. The second-order valence-corrected chi connectivity index (χ2v) is 9.79. The SMILES string of the molecule is Oc1ccc(N(c2ccc(O)cc2)c2ccc(/C=C/C=C(\c3ccccc3)c3cccc4ccccc34)cc2)cc1. The molecule has 3 nitrogen and oxygen atoms in total. The number of phenols is 2. The van der Waals surface area contributed by atoms with Crippen LogP contribution in [-0.2, 0) is 0 Å². The number of phenolic OH excluding ortho intramolecular Hbond substituents is 2. The summed E-state index contributed by atoms with van der Waals surface area (Å²) in [5, 5.41) is 22.1. The number of hydrogen-bond acceptors (Lipinski definition) is 3. The second-order valence-electron chi connectivity index (χ2n) is 9.79. The molecule has 2 N–H and O–H groups in total. The number of anilines is 3. The number of hydrogen-bond donors (Lipinski definition) is 2. The first-order chi connectivity index (χ1) is 20.2. The van der Waals surface area contributed by atoms with Gasteiger partial charge in [-0.3, -0.25) is 0 Å². The highest BCUT2D eigenvalue weighted by Crippen LogP contribution is 2.36. The maximum Gasteiger partial charge on any atom is 0.115 e. The standard InChI is InChI=1S/C38H29NO2/c40-34-24-20-32(21-25-34)39(33-22-26-35(41)27-23-33)31-18-16-28(17-19-31)8-6-14-37(29-9-2-1-3-10-29)38-15-7-12-30-11-4-5-13-36(30)38/h1-27,40-41H/b8-6+,37-14+. The molecule has 0 atom stereocenters. The van der Waals surface area contributed by atoms with Gasteiger partial charge in [-0.2, -0.15) is 0 Å². The van der Waals surface area contributed by atoms with E-state index >= 15 is 0 Å². The Morgan fingerprint density at radius 1 is 0.512 bits per heavy atom. The van der Waals surface area contributed by atoms with E-state index in [2.05, 4.69) is 114 Å². The molecule has 0 fully saturated rings. The van der Waals surface area contributed by atoms with Gasteiger partial charge >= 0.3 is 0 Å².